The first-order valence-electron chi connectivity index (χ1n) is 9.44. The van der Waals surface area contributed by atoms with Crippen molar-refractivity contribution in [1.82, 2.24) is 19.6 Å². The van der Waals surface area contributed by atoms with E-state index in [2.05, 4.69) is 20.5 Å². The van der Waals surface area contributed by atoms with Gasteiger partial charge in [-0.05, 0) is 36.4 Å². The average Bonchev–Trinajstić information content (AvgIpc) is 3.41. The fourth-order valence-corrected chi connectivity index (χ4v) is 3.34. The lowest BCUT2D eigenvalue weighted by Crippen LogP contribution is -2.13. The van der Waals surface area contributed by atoms with Gasteiger partial charge >= 0.3 is 0 Å². The average molecular weight is 415 g/mol. The molecule has 2 aromatic carbocycles. The summed E-state index contributed by atoms with van der Waals surface area (Å²) in [4.78, 5) is 17.4. The van der Waals surface area contributed by atoms with Gasteiger partial charge in [-0.25, -0.2) is 13.8 Å². The molecule has 3 aromatic heterocycles. The highest BCUT2D eigenvalue weighted by Crippen LogP contribution is 2.28. The van der Waals surface area contributed by atoms with Gasteiger partial charge in [0.05, 0.1) is 17.1 Å². The molecule has 0 radical (unpaired) electrons. The second kappa shape index (κ2) is 7.49. The van der Waals surface area contributed by atoms with Crippen LogP contribution in [0.2, 0.25) is 0 Å². The number of nitrogens with zero attached hydrogens (tertiary/aromatic N) is 3. The van der Waals surface area contributed by atoms with E-state index in [9.17, 15) is 13.6 Å². The third-order valence-electron chi connectivity index (χ3n) is 4.84. The lowest BCUT2D eigenvalue weighted by molar-refractivity contribution is 0.102. The summed E-state index contributed by atoms with van der Waals surface area (Å²) < 4.78 is 29.1. The van der Waals surface area contributed by atoms with E-state index in [1.54, 1.807) is 12.1 Å². The van der Waals surface area contributed by atoms with Crippen molar-refractivity contribution in [3.63, 3.8) is 0 Å². The molecular weight excluding hydrogens is 400 g/mol. The van der Waals surface area contributed by atoms with Crippen LogP contribution in [0.25, 0.3) is 28.2 Å². The van der Waals surface area contributed by atoms with Crippen molar-refractivity contribution < 1.29 is 13.6 Å². The number of aromatic nitrogens is 4. The summed E-state index contributed by atoms with van der Waals surface area (Å²) in [5, 5.41) is 9.43. The summed E-state index contributed by atoms with van der Waals surface area (Å²) in [5.41, 5.74) is 3.27. The molecule has 3 heterocycles. The summed E-state index contributed by atoms with van der Waals surface area (Å²) in [6, 6.07) is 17.6. The summed E-state index contributed by atoms with van der Waals surface area (Å²) in [7, 11) is 0. The Kier molecular flexibility index (Phi) is 4.51. The maximum atomic E-state index is 14.0. The Morgan fingerprint density at radius 1 is 0.935 bits per heavy atom. The van der Waals surface area contributed by atoms with Crippen LogP contribution in [-0.4, -0.2) is 25.5 Å². The number of nitrogens with one attached hydrogen (secondary N) is 2. The molecule has 0 aliphatic heterocycles. The van der Waals surface area contributed by atoms with Crippen LogP contribution in [-0.2, 0) is 0 Å². The van der Waals surface area contributed by atoms with Crippen molar-refractivity contribution in [2.45, 2.75) is 0 Å². The Labute approximate surface area is 175 Å². The van der Waals surface area contributed by atoms with Crippen LogP contribution in [0, 0.1) is 11.6 Å². The molecule has 2 N–H and O–H groups in total. The molecule has 6 nitrogen and oxygen atoms in total. The van der Waals surface area contributed by atoms with Gasteiger partial charge in [-0.15, -0.1) is 0 Å². The minimum absolute atomic E-state index is 0.0989. The molecule has 31 heavy (non-hydrogen) atoms. The quantitative estimate of drug-likeness (QED) is 0.437. The zero-order chi connectivity index (χ0) is 21.4. The number of carbonyl (C=O) groups is 1. The topological polar surface area (TPSA) is 75.1 Å². The summed E-state index contributed by atoms with van der Waals surface area (Å²) in [6.45, 7) is 0. The van der Waals surface area contributed by atoms with Gasteiger partial charge in [0.25, 0.3) is 5.91 Å². The van der Waals surface area contributed by atoms with Gasteiger partial charge in [-0.3, -0.25) is 9.89 Å². The van der Waals surface area contributed by atoms with Crippen LogP contribution >= 0.6 is 0 Å². The molecule has 8 heteroatoms. The largest absolute Gasteiger partial charge is 0.320 e. The number of halogens is 2. The number of para-hydroxylation sites is 1. The van der Waals surface area contributed by atoms with Crippen molar-refractivity contribution >= 4 is 17.2 Å². The molecule has 0 unspecified atom stereocenters. The van der Waals surface area contributed by atoms with Gasteiger partial charge in [-0.2, -0.15) is 5.10 Å². The molecule has 0 spiro atoms. The van der Waals surface area contributed by atoms with Crippen LogP contribution in [0.15, 0.2) is 79.1 Å². The van der Waals surface area contributed by atoms with E-state index >= 15 is 0 Å². The molecule has 0 aliphatic rings. The van der Waals surface area contributed by atoms with Crippen LogP contribution in [0.4, 0.5) is 14.5 Å². The number of hydrogen-bond donors (Lipinski definition) is 2. The van der Waals surface area contributed by atoms with Gasteiger partial charge in [-0.1, -0.05) is 24.3 Å². The van der Waals surface area contributed by atoms with Gasteiger partial charge < -0.3 is 9.72 Å². The minimum Gasteiger partial charge on any atom is -0.320 e. The highest BCUT2D eigenvalue weighted by atomic mass is 19.1. The molecule has 0 atom stereocenters. The molecule has 0 bridgehead atoms. The normalized spacial score (nSPS) is 11.0. The van der Waals surface area contributed by atoms with E-state index in [0.29, 0.717) is 11.4 Å². The van der Waals surface area contributed by atoms with E-state index in [1.807, 2.05) is 47.1 Å². The Morgan fingerprint density at radius 3 is 2.61 bits per heavy atom. The summed E-state index contributed by atoms with van der Waals surface area (Å²) >= 11 is 0. The van der Waals surface area contributed by atoms with E-state index < -0.39 is 17.5 Å². The number of anilines is 1. The SMILES string of the molecule is O=C(Nc1ccccc1-c1cn2ccccc2n1)c1cc(-c2ccc(F)cc2F)n[nH]1. The standard InChI is InChI=1S/C23H15F2N5O/c24-14-8-9-15(17(25)11-14)19-12-20(29-28-19)23(31)27-18-6-2-1-5-16(18)21-13-30-10-4-3-7-22(30)26-21/h1-13H,(H,27,31)(H,28,29). The fraction of sp³-hybridized carbons (Fsp3) is 0. The number of rotatable bonds is 4. The lowest BCUT2D eigenvalue weighted by atomic mass is 10.1. The molecule has 5 aromatic rings. The van der Waals surface area contributed by atoms with Crippen LogP contribution < -0.4 is 5.32 Å². The first kappa shape index (κ1) is 18.7. The molecule has 0 aliphatic carbocycles. The second-order valence-corrected chi connectivity index (χ2v) is 6.88. The number of imidazole rings is 1. The summed E-state index contributed by atoms with van der Waals surface area (Å²) in [5.74, 6) is -1.88. The van der Waals surface area contributed by atoms with Gasteiger partial charge in [0.1, 0.15) is 23.0 Å². The van der Waals surface area contributed by atoms with Crippen LogP contribution in [0.3, 0.4) is 0 Å². The fourth-order valence-electron chi connectivity index (χ4n) is 3.34. The van der Waals surface area contributed by atoms with E-state index in [0.717, 1.165) is 23.3 Å². The third kappa shape index (κ3) is 3.55. The predicted molar refractivity (Wildman–Crippen MR) is 113 cm³/mol. The number of fused-ring (bicyclic) bond motifs is 1. The first-order chi connectivity index (χ1) is 15.1. The molecule has 0 fully saturated rings. The molecule has 152 valence electrons. The third-order valence-corrected chi connectivity index (χ3v) is 4.84. The Hall–Kier alpha value is -4.33. The maximum Gasteiger partial charge on any atom is 0.273 e. The number of carbonyl (C=O) groups excluding carboxylic acids is 1. The first-order valence-corrected chi connectivity index (χ1v) is 9.44. The second-order valence-electron chi connectivity index (χ2n) is 6.88. The zero-order valence-corrected chi connectivity index (χ0v) is 16.0. The van der Waals surface area contributed by atoms with Crippen molar-refractivity contribution in [3.8, 4) is 22.5 Å². The number of amides is 1. The van der Waals surface area contributed by atoms with Gasteiger partial charge in [0, 0.05) is 29.6 Å². The van der Waals surface area contributed by atoms with Crippen molar-refractivity contribution in [1.29, 1.82) is 0 Å². The number of hydrogen-bond acceptors (Lipinski definition) is 3. The molecular formula is C23H15F2N5O. The molecule has 1 amide bonds. The minimum atomic E-state index is -0.754. The van der Waals surface area contributed by atoms with Crippen molar-refractivity contribution in [2.24, 2.45) is 0 Å². The van der Waals surface area contributed by atoms with Gasteiger partial charge in [0.15, 0.2) is 0 Å². The Morgan fingerprint density at radius 2 is 1.77 bits per heavy atom. The number of H-pyrrole nitrogens is 1. The summed E-state index contributed by atoms with van der Waals surface area (Å²) in [6.07, 6.45) is 3.78. The highest BCUT2D eigenvalue weighted by Gasteiger charge is 2.16. The molecule has 5 rings (SSSR count). The van der Waals surface area contributed by atoms with E-state index in [-0.39, 0.29) is 17.0 Å². The smallest absolute Gasteiger partial charge is 0.273 e. The highest BCUT2D eigenvalue weighted by molar-refractivity contribution is 6.05. The monoisotopic (exact) mass is 415 g/mol. The van der Waals surface area contributed by atoms with E-state index in [4.69, 9.17) is 0 Å². The van der Waals surface area contributed by atoms with Crippen LogP contribution in [0.5, 0.6) is 0 Å². The van der Waals surface area contributed by atoms with Crippen molar-refractivity contribution in [2.75, 3.05) is 5.32 Å². The molecule has 0 saturated carbocycles. The Bertz CT molecular complexity index is 1390. The maximum absolute atomic E-state index is 14.0. The van der Waals surface area contributed by atoms with Crippen LogP contribution in [0.1, 0.15) is 10.5 Å². The number of pyridine rings is 1. The Balaban J connectivity index is 1.43. The molecule has 0 saturated heterocycles. The zero-order valence-electron chi connectivity index (χ0n) is 16.0. The number of benzene rings is 2. The van der Waals surface area contributed by atoms with Crippen molar-refractivity contribution in [3.05, 3.63) is 96.5 Å². The van der Waals surface area contributed by atoms with Gasteiger partial charge in [0.2, 0.25) is 0 Å². The predicted octanol–water partition coefficient (Wildman–Crippen LogP) is 4.92. The lowest BCUT2D eigenvalue weighted by Gasteiger charge is -2.08. The van der Waals surface area contributed by atoms with E-state index in [1.165, 1.54) is 12.1 Å². The number of aromatic amines is 1.